The molecule has 0 bridgehead atoms. The van der Waals surface area contributed by atoms with E-state index in [-0.39, 0.29) is 0 Å². The SMILES string of the molecule is C=C(CCC)NC(C)C(C)(C)C. The average molecular weight is 169 g/mol. The molecule has 0 amide bonds. The first-order valence-corrected chi connectivity index (χ1v) is 4.82. The van der Waals surface area contributed by atoms with E-state index < -0.39 is 0 Å². The summed E-state index contributed by atoms with van der Waals surface area (Å²) in [6.07, 6.45) is 2.25. The van der Waals surface area contributed by atoms with E-state index >= 15 is 0 Å². The molecule has 0 aromatic carbocycles. The summed E-state index contributed by atoms with van der Waals surface area (Å²) in [5, 5.41) is 3.43. The molecular weight excluding hydrogens is 146 g/mol. The molecule has 0 heterocycles. The number of allylic oxidation sites excluding steroid dienone is 1. The van der Waals surface area contributed by atoms with Crippen molar-refractivity contribution < 1.29 is 0 Å². The summed E-state index contributed by atoms with van der Waals surface area (Å²) in [5.74, 6) is 0. The maximum Gasteiger partial charge on any atom is 0.0278 e. The number of rotatable bonds is 4. The summed E-state index contributed by atoms with van der Waals surface area (Å²) >= 11 is 0. The molecule has 1 heteroatoms. The van der Waals surface area contributed by atoms with Crippen molar-refractivity contribution in [3.05, 3.63) is 12.3 Å². The summed E-state index contributed by atoms with van der Waals surface area (Å²) in [7, 11) is 0. The molecule has 1 unspecified atom stereocenters. The molecule has 0 radical (unpaired) electrons. The Labute approximate surface area is 77.2 Å². The Kier molecular flexibility index (Phi) is 4.36. The second kappa shape index (κ2) is 4.54. The van der Waals surface area contributed by atoms with E-state index in [4.69, 9.17) is 0 Å². The van der Waals surface area contributed by atoms with Crippen molar-refractivity contribution in [2.24, 2.45) is 5.41 Å². The van der Waals surface area contributed by atoms with Gasteiger partial charge in [-0.3, -0.25) is 0 Å². The quantitative estimate of drug-likeness (QED) is 0.680. The smallest absolute Gasteiger partial charge is 0.0278 e. The van der Waals surface area contributed by atoms with Gasteiger partial charge in [-0.1, -0.05) is 40.7 Å². The zero-order valence-electron chi connectivity index (χ0n) is 9.20. The summed E-state index contributed by atoms with van der Waals surface area (Å²) in [5.41, 5.74) is 1.48. The molecular formula is C11H23N. The van der Waals surface area contributed by atoms with Crippen molar-refractivity contribution in [3.8, 4) is 0 Å². The molecule has 0 aliphatic rings. The first-order chi connectivity index (χ1) is 5.38. The van der Waals surface area contributed by atoms with Gasteiger partial charge in [0.2, 0.25) is 0 Å². The highest BCUT2D eigenvalue weighted by Gasteiger charge is 2.19. The fraction of sp³-hybridized carbons (Fsp3) is 0.818. The molecule has 12 heavy (non-hydrogen) atoms. The average Bonchev–Trinajstić information content (AvgIpc) is 1.85. The highest BCUT2D eigenvalue weighted by molar-refractivity contribution is 4.95. The Bertz CT molecular complexity index is 142. The standard InChI is InChI=1S/C11H23N/c1-7-8-9(2)12-10(3)11(4,5)6/h10,12H,2,7-8H2,1,3-6H3. The second-order valence-electron chi connectivity index (χ2n) is 4.59. The fourth-order valence-electron chi connectivity index (χ4n) is 0.897. The minimum absolute atomic E-state index is 0.316. The van der Waals surface area contributed by atoms with Gasteiger partial charge >= 0.3 is 0 Å². The molecule has 1 N–H and O–H groups in total. The normalized spacial score (nSPS) is 14.1. The van der Waals surface area contributed by atoms with Crippen LogP contribution in [0.5, 0.6) is 0 Å². The van der Waals surface area contributed by atoms with Crippen molar-refractivity contribution in [2.45, 2.75) is 53.5 Å². The minimum atomic E-state index is 0.316. The van der Waals surface area contributed by atoms with Crippen LogP contribution in [-0.4, -0.2) is 6.04 Å². The highest BCUT2D eigenvalue weighted by Crippen LogP contribution is 2.19. The Balaban J connectivity index is 3.84. The molecule has 0 rings (SSSR count). The van der Waals surface area contributed by atoms with Gasteiger partial charge in [0.25, 0.3) is 0 Å². The van der Waals surface area contributed by atoms with Gasteiger partial charge in [-0.2, -0.15) is 0 Å². The van der Waals surface area contributed by atoms with Crippen molar-refractivity contribution in [3.63, 3.8) is 0 Å². The van der Waals surface area contributed by atoms with Crippen LogP contribution in [0.25, 0.3) is 0 Å². The molecule has 0 aliphatic carbocycles. The third-order valence-corrected chi connectivity index (χ3v) is 2.27. The van der Waals surface area contributed by atoms with E-state index in [9.17, 15) is 0 Å². The Morgan fingerprint density at radius 1 is 1.42 bits per heavy atom. The lowest BCUT2D eigenvalue weighted by molar-refractivity contribution is 0.301. The van der Waals surface area contributed by atoms with Gasteiger partial charge in [-0.25, -0.2) is 0 Å². The molecule has 0 fully saturated rings. The molecule has 1 nitrogen and oxygen atoms in total. The van der Waals surface area contributed by atoms with Crippen molar-refractivity contribution >= 4 is 0 Å². The van der Waals surface area contributed by atoms with Gasteiger partial charge in [-0.15, -0.1) is 0 Å². The fourth-order valence-corrected chi connectivity index (χ4v) is 0.897. The summed E-state index contributed by atoms with van der Waals surface area (Å²) < 4.78 is 0. The highest BCUT2D eigenvalue weighted by atomic mass is 14.9. The molecule has 0 aromatic rings. The van der Waals surface area contributed by atoms with Crippen LogP contribution in [0.3, 0.4) is 0 Å². The molecule has 0 saturated carbocycles. The van der Waals surface area contributed by atoms with E-state index in [1.165, 1.54) is 12.1 Å². The molecule has 0 spiro atoms. The van der Waals surface area contributed by atoms with Crippen LogP contribution in [0, 0.1) is 5.41 Å². The van der Waals surface area contributed by atoms with Crippen LogP contribution in [0.15, 0.2) is 12.3 Å². The predicted molar refractivity (Wildman–Crippen MR) is 56.1 cm³/mol. The van der Waals surface area contributed by atoms with Crippen molar-refractivity contribution in [1.29, 1.82) is 0 Å². The number of hydrogen-bond acceptors (Lipinski definition) is 1. The van der Waals surface area contributed by atoms with E-state index in [0.717, 1.165) is 6.42 Å². The van der Waals surface area contributed by atoms with E-state index in [1.54, 1.807) is 0 Å². The Morgan fingerprint density at radius 2 is 1.92 bits per heavy atom. The molecule has 72 valence electrons. The Morgan fingerprint density at radius 3 is 2.25 bits per heavy atom. The van der Waals surface area contributed by atoms with Gasteiger partial charge in [-0.05, 0) is 18.8 Å². The van der Waals surface area contributed by atoms with Crippen LogP contribution in [-0.2, 0) is 0 Å². The molecule has 0 saturated heterocycles. The van der Waals surface area contributed by atoms with Gasteiger partial charge in [0.1, 0.15) is 0 Å². The largest absolute Gasteiger partial charge is 0.386 e. The summed E-state index contributed by atoms with van der Waals surface area (Å²) in [4.78, 5) is 0. The number of nitrogens with one attached hydrogen (secondary N) is 1. The zero-order valence-corrected chi connectivity index (χ0v) is 9.20. The van der Waals surface area contributed by atoms with Crippen molar-refractivity contribution in [2.75, 3.05) is 0 Å². The molecule has 0 aromatic heterocycles. The zero-order chi connectivity index (χ0) is 9.78. The van der Waals surface area contributed by atoms with E-state index in [2.05, 4.69) is 46.5 Å². The first-order valence-electron chi connectivity index (χ1n) is 4.82. The summed E-state index contributed by atoms with van der Waals surface area (Å²) in [6, 6.07) is 0.497. The monoisotopic (exact) mass is 169 g/mol. The maximum absolute atomic E-state index is 3.99. The van der Waals surface area contributed by atoms with E-state index in [0.29, 0.717) is 11.5 Å². The second-order valence-corrected chi connectivity index (χ2v) is 4.59. The maximum atomic E-state index is 3.99. The molecule has 1 atom stereocenters. The third kappa shape index (κ3) is 4.42. The van der Waals surface area contributed by atoms with Gasteiger partial charge in [0, 0.05) is 11.7 Å². The van der Waals surface area contributed by atoms with Crippen LogP contribution in [0.2, 0.25) is 0 Å². The van der Waals surface area contributed by atoms with Crippen LogP contribution in [0.1, 0.15) is 47.5 Å². The minimum Gasteiger partial charge on any atom is -0.386 e. The molecule has 0 aliphatic heterocycles. The van der Waals surface area contributed by atoms with Gasteiger partial charge in [0.05, 0.1) is 0 Å². The summed E-state index contributed by atoms with van der Waals surface area (Å²) in [6.45, 7) is 15.1. The van der Waals surface area contributed by atoms with Crippen LogP contribution >= 0.6 is 0 Å². The lowest BCUT2D eigenvalue weighted by Gasteiger charge is -2.29. The van der Waals surface area contributed by atoms with Crippen LogP contribution in [0.4, 0.5) is 0 Å². The van der Waals surface area contributed by atoms with E-state index in [1.807, 2.05) is 0 Å². The van der Waals surface area contributed by atoms with Gasteiger partial charge < -0.3 is 5.32 Å². The third-order valence-electron chi connectivity index (χ3n) is 2.27. The van der Waals surface area contributed by atoms with Crippen LogP contribution < -0.4 is 5.32 Å². The lowest BCUT2D eigenvalue weighted by atomic mass is 9.88. The van der Waals surface area contributed by atoms with Gasteiger partial charge in [0.15, 0.2) is 0 Å². The topological polar surface area (TPSA) is 12.0 Å². The first kappa shape index (κ1) is 11.5. The Hall–Kier alpha value is -0.460. The van der Waals surface area contributed by atoms with Crippen molar-refractivity contribution in [1.82, 2.24) is 5.32 Å². The predicted octanol–water partition coefficient (Wildman–Crippen LogP) is 3.32. The lowest BCUT2D eigenvalue weighted by Crippen LogP contribution is -2.36. The number of hydrogen-bond donors (Lipinski definition) is 1.